The second-order valence-corrected chi connectivity index (χ2v) is 6.58. The summed E-state index contributed by atoms with van der Waals surface area (Å²) in [5.41, 5.74) is 1.98. The maximum atomic E-state index is 14.4. The number of benzene rings is 1. The third-order valence-electron chi connectivity index (χ3n) is 4.74. The molecule has 10 heteroatoms. The van der Waals surface area contributed by atoms with Crippen LogP contribution in [0.4, 0.5) is 10.2 Å². The Balaban J connectivity index is 1.71. The summed E-state index contributed by atoms with van der Waals surface area (Å²) < 4.78 is 16.1. The minimum atomic E-state index is -0.608. The molecule has 0 amide bonds. The monoisotopic (exact) mass is 399 g/mol. The number of nitrogens with zero attached hydrogens (tertiary/aromatic N) is 7. The summed E-state index contributed by atoms with van der Waals surface area (Å²) in [5, 5.41) is 12.9. The predicted octanol–water partition coefficient (Wildman–Crippen LogP) is 3.27. The average Bonchev–Trinajstić information content (AvgIpc) is 3.40. The van der Waals surface area contributed by atoms with Gasteiger partial charge in [-0.2, -0.15) is 5.26 Å². The lowest BCUT2D eigenvalue weighted by Gasteiger charge is -2.16. The van der Waals surface area contributed by atoms with E-state index in [0.717, 1.165) is 0 Å². The van der Waals surface area contributed by atoms with Crippen molar-refractivity contribution in [2.45, 2.75) is 13.0 Å². The fourth-order valence-corrected chi connectivity index (χ4v) is 3.41. The van der Waals surface area contributed by atoms with Crippen LogP contribution in [0.3, 0.4) is 0 Å². The number of nitrogens with one attached hydrogen (secondary N) is 2. The van der Waals surface area contributed by atoms with E-state index < -0.39 is 5.82 Å². The van der Waals surface area contributed by atoms with E-state index in [4.69, 9.17) is 0 Å². The number of fused-ring (bicyclic) bond motifs is 2. The minimum absolute atomic E-state index is 0.0826. The van der Waals surface area contributed by atoms with Gasteiger partial charge in [-0.05, 0) is 31.2 Å². The summed E-state index contributed by atoms with van der Waals surface area (Å²) in [6, 6.07) is 9.76. The van der Waals surface area contributed by atoms with Gasteiger partial charge in [0, 0.05) is 6.20 Å². The van der Waals surface area contributed by atoms with Crippen molar-refractivity contribution in [3.8, 4) is 11.9 Å². The van der Waals surface area contributed by atoms with Crippen molar-refractivity contribution in [2.75, 3.05) is 5.32 Å². The SMILES string of the molecule is C[C@H](Nc1ncnc2[nH]cnc12)c1nc2ccc(F)c(C#N)c2n1-c1ccccn1. The molecule has 0 saturated heterocycles. The molecule has 2 N–H and O–H groups in total. The number of nitriles is 1. The smallest absolute Gasteiger partial charge is 0.162 e. The molecule has 4 aromatic heterocycles. The zero-order valence-electron chi connectivity index (χ0n) is 15.7. The Morgan fingerprint density at radius 1 is 1.17 bits per heavy atom. The minimum Gasteiger partial charge on any atom is -0.358 e. The number of pyridine rings is 1. The van der Waals surface area contributed by atoms with E-state index in [1.165, 1.54) is 12.4 Å². The van der Waals surface area contributed by atoms with Gasteiger partial charge in [-0.1, -0.05) is 6.07 Å². The van der Waals surface area contributed by atoms with E-state index in [-0.39, 0.29) is 11.6 Å². The highest BCUT2D eigenvalue weighted by molar-refractivity contribution is 5.85. The Labute approximate surface area is 169 Å². The summed E-state index contributed by atoms with van der Waals surface area (Å²) in [4.78, 5) is 24.7. The van der Waals surface area contributed by atoms with Gasteiger partial charge in [0.1, 0.15) is 40.9 Å². The van der Waals surface area contributed by atoms with Crippen LogP contribution in [-0.2, 0) is 0 Å². The summed E-state index contributed by atoms with van der Waals surface area (Å²) in [5.74, 6) is 0.995. The zero-order valence-corrected chi connectivity index (χ0v) is 15.7. The van der Waals surface area contributed by atoms with E-state index in [1.54, 1.807) is 35.3 Å². The van der Waals surface area contributed by atoms with Crippen LogP contribution in [0.1, 0.15) is 24.4 Å². The largest absolute Gasteiger partial charge is 0.358 e. The first-order valence-corrected chi connectivity index (χ1v) is 9.10. The molecule has 146 valence electrons. The number of rotatable bonds is 4. The van der Waals surface area contributed by atoms with Crippen molar-refractivity contribution in [1.29, 1.82) is 5.26 Å². The molecular formula is C20H14FN9. The Morgan fingerprint density at radius 3 is 2.87 bits per heavy atom. The molecule has 0 fully saturated rings. The maximum Gasteiger partial charge on any atom is 0.162 e. The van der Waals surface area contributed by atoms with Crippen molar-refractivity contribution in [3.05, 3.63) is 66.4 Å². The molecule has 4 heterocycles. The molecule has 5 aromatic rings. The Hall–Kier alpha value is -4.39. The third kappa shape index (κ3) is 2.72. The summed E-state index contributed by atoms with van der Waals surface area (Å²) in [6.45, 7) is 1.89. The van der Waals surface area contributed by atoms with E-state index in [0.29, 0.717) is 39.7 Å². The van der Waals surface area contributed by atoms with Gasteiger partial charge in [-0.3, -0.25) is 4.57 Å². The lowest BCUT2D eigenvalue weighted by molar-refractivity contribution is 0.625. The van der Waals surface area contributed by atoms with Gasteiger partial charge in [0.25, 0.3) is 0 Å². The highest BCUT2D eigenvalue weighted by atomic mass is 19.1. The van der Waals surface area contributed by atoms with Gasteiger partial charge in [-0.25, -0.2) is 29.3 Å². The second-order valence-electron chi connectivity index (χ2n) is 6.58. The van der Waals surface area contributed by atoms with E-state index in [2.05, 4.69) is 35.2 Å². The number of hydrogen-bond donors (Lipinski definition) is 2. The van der Waals surface area contributed by atoms with Crippen LogP contribution in [0.2, 0.25) is 0 Å². The maximum absolute atomic E-state index is 14.4. The number of hydrogen-bond acceptors (Lipinski definition) is 7. The van der Waals surface area contributed by atoms with Gasteiger partial charge in [0.05, 0.1) is 23.4 Å². The molecule has 0 spiro atoms. The van der Waals surface area contributed by atoms with Crippen molar-refractivity contribution >= 4 is 28.0 Å². The molecule has 0 saturated carbocycles. The average molecular weight is 399 g/mol. The lowest BCUT2D eigenvalue weighted by Crippen LogP contribution is -2.15. The van der Waals surface area contributed by atoms with E-state index >= 15 is 0 Å². The van der Waals surface area contributed by atoms with Crippen molar-refractivity contribution in [2.24, 2.45) is 0 Å². The molecule has 0 aliphatic carbocycles. The van der Waals surface area contributed by atoms with E-state index in [1.807, 2.05) is 19.1 Å². The van der Waals surface area contributed by atoms with Crippen LogP contribution in [0.5, 0.6) is 0 Å². The summed E-state index contributed by atoms with van der Waals surface area (Å²) >= 11 is 0. The van der Waals surface area contributed by atoms with Crippen LogP contribution < -0.4 is 5.32 Å². The molecule has 0 radical (unpaired) electrons. The van der Waals surface area contributed by atoms with Crippen molar-refractivity contribution in [3.63, 3.8) is 0 Å². The second kappa shape index (κ2) is 6.89. The first kappa shape index (κ1) is 17.7. The topological polar surface area (TPSA) is 121 Å². The Kier molecular flexibility index (Phi) is 4.07. The zero-order chi connectivity index (χ0) is 20.7. The molecule has 1 aromatic carbocycles. The molecule has 0 unspecified atom stereocenters. The van der Waals surface area contributed by atoms with E-state index in [9.17, 15) is 9.65 Å². The molecule has 0 aliphatic rings. The quantitative estimate of drug-likeness (QED) is 0.476. The number of halogens is 1. The van der Waals surface area contributed by atoms with Gasteiger partial charge >= 0.3 is 0 Å². The normalized spacial score (nSPS) is 12.2. The molecular weight excluding hydrogens is 385 g/mol. The van der Waals surface area contributed by atoms with Crippen LogP contribution in [0.25, 0.3) is 28.0 Å². The predicted molar refractivity (Wildman–Crippen MR) is 107 cm³/mol. The highest BCUT2D eigenvalue weighted by Crippen LogP contribution is 2.30. The fraction of sp³-hybridized carbons (Fsp3) is 0.100. The number of H-pyrrole nitrogens is 1. The summed E-state index contributed by atoms with van der Waals surface area (Å²) in [6.07, 6.45) is 4.60. The number of anilines is 1. The lowest BCUT2D eigenvalue weighted by atomic mass is 10.2. The fourth-order valence-electron chi connectivity index (χ4n) is 3.41. The molecule has 30 heavy (non-hydrogen) atoms. The van der Waals surface area contributed by atoms with Crippen LogP contribution in [0, 0.1) is 17.1 Å². The van der Waals surface area contributed by atoms with Crippen LogP contribution >= 0.6 is 0 Å². The number of imidazole rings is 2. The standard InChI is InChI=1S/C20H14FN9/c1-11(28-19-16-18(25-9-24-16)26-10-27-19)20-29-14-6-5-13(21)12(8-22)17(14)30(20)15-4-2-3-7-23-15/h2-7,9-11H,1H3,(H2,24,25,26,27,28)/t11-/m0/s1. The Bertz CT molecular complexity index is 1420. The molecule has 0 aliphatic heterocycles. The van der Waals surface area contributed by atoms with Crippen molar-refractivity contribution < 1.29 is 4.39 Å². The van der Waals surface area contributed by atoms with Crippen LogP contribution in [0.15, 0.2) is 49.2 Å². The number of aromatic amines is 1. The molecule has 5 rings (SSSR count). The van der Waals surface area contributed by atoms with Gasteiger partial charge < -0.3 is 10.3 Å². The molecule has 1 atom stereocenters. The molecule has 9 nitrogen and oxygen atoms in total. The molecule has 0 bridgehead atoms. The third-order valence-corrected chi connectivity index (χ3v) is 4.74. The number of aromatic nitrogens is 7. The van der Waals surface area contributed by atoms with Crippen molar-refractivity contribution in [1.82, 2.24) is 34.5 Å². The highest BCUT2D eigenvalue weighted by Gasteiger charge is 2.23. The van der Waals surface area contributed by atoms with Crippen LogP contribution in [-0.4, -0.2) is 34.5 Å². The first-order valence-electron chi connectivity index (χ1n) is 9.10. The summed E-state index contributed by atoms with van der Waals surface area (Å²) in [7, 11) is 0. The van der Waals surface area contributed by atoms with Gasteiger partial charge in [0.2, 0.25) is 0 Å². The van der Waals surface area contributed by atoms with Gasteiger partial charge in [0.15, 0.2) is 11.5 Å². The Morgan fingerprint density at radius 2 is 2.07 bits per heavy atom. The first-order chi connectivity index (χ1) is 14.7. The van der Waals surface area contributed by atoms with Gasteiger partial charge in [-0.15, -0.1) is 0 Å².